The van der Waals surface area contributed by atoms with E-state index in [0.717, 1.165) is 32.1 Å². The zero-order chi connectivity index (χ0) is 20.9. The van der Waals surface area contributed by atoms with Crippen molar-refractivity contribution in [1.82, 2.24) is 10.0 Å². The number of nitrogens with one attached hydrogen (secondary N) is 2. The van der Waals surface area contributed by atoms with Crippen LogP contribution in [0, 0.1) is 11.3 Å². The fraction of sp³-hybridized carbons (Fsp3) is 0.650. The molecule has 2 rings (SSSR count). The molecule has 1 aromatic rings. The first-order chi connectivity index (χ1) is 13.0. The van der Waals surface area contributed by atoms with Crippen molar-refractivity contribution in [1.29, 1.82) is 0 Å². The van der Waals surface area contributed by atoms with Crippen LogP contribution < -0.4 is 10.0 Å². The van der Waals surface area contributed by atoms with Crippen LogP contribution >= 0.6 is 0 Å². The first kappa shape index (κ1) is 22.8. The van der Waals surface area contributed by atoms with Gasteiger partial charge in [0.15, 0.2) is 0 Å². The number of carboxylic acids is 1. The second-order valence-corrected chi connectivity index (χ2v) is 10.3. The molecule has 0 aliphatic heterocycles. The minimum atomic E-state index is -3.84. The molecule has 0 aromatic heterocycles. The van der Waals surface area contributed by atoms with Gasteiger partial charge in [-0.05, 0) is 36.3 Å². The lowest BCUT2D eigenvalue weighted by molar-refractivity contribution is -0.144. The summed E-state index contributed by atoms with van der Waals surface area (Å²) in [6.45, 7) is 5.28. The van der Waals surface area contributed by atoms with E-state index in [1.807, 2.05) is 0 Å². The molecule has 0 saturated heterocycles. The van der Waals surface area contributed by atoms with E-state index in [2.05, 4.69) is 10.0 Å². The molecule has 28 heavy (non-hydrogen) atoms. The number of benzene rings is 1. The van der Waals surface area contributed by atoms with Crippen LogP contribution in [0.2, 0.25) is 0 Å². The van der Waals surface area contributed by atoms with Crippen LogP contribution in [-0.4, -0.2) is 42.9 Å². The maximum Gasteiger partial charge on any atom is 0.321 e. The summed E-state index contributed by atoms with van der Waals surface area (Å²) in [5.74, 6) is -1.15. The molecular formula is C20H32N2O5S. The minimum absolute atomic E-state index is 0.0656. The molecule has 7 nitrogen and oxygen atoms in total. The topological polar surface area (TPSA) is 116 Å². The quantitative estimate of drug-likeness (QED) is 0.487. The average Bonchev–Trinajstić information content (AvgIpc) is 2.64. The fourth-order valence-corrected chi connectivity index (χ4v) is 5.06. The van der Waals surface area contributed by atoms with E-state index in [1.165, 1.54) is 12.1 Å². The van der Waals surface area contributed by atoms with E-state index in [9.17, 15) is 23.4 Å². The van der Waals surface area contributed by atoms with Gasteiger partial charge >= 0.3 is 5.97 Å². The van der Waals surface area contributed by atoms with Crippen LogP contribution in [0.3, 0.4) is 0 Å². The third-order valence-electron chi connectivity index (χ3n) is 5.29. The second-order valence-electron chi connectivity index (χ2n) is 8.61. The van der Waals surface area contributed by atoms with Crippen molar-refractivity contribution >= 4 is 16.0 Å². The molecule has 158 valence electrons. The highest BCUT2D eigenvalue weighted by atomic mass is 32.2. The monoisotopic (exact) mass is 412 g/mol. The Balaban J connectivity index is 2.27. The lowest BCUT2D eigenvalue weighted by Gasteiger charge is -2.37. The molecule has 0 amide bonds. The predicted molar refractivity (Wildman–Crippen MR) is 107 cm³/mol. The predicted octanol–water partition coefficient (Wildman–Crippen LogP) is 2.32. The molecule has 0 radical (unpaired) electrons. The summed E-state index contributed by atoms with van der Waals surface area (Å²) in [5.41, 5.74) is -0.651. The van der Waals surface area contributed by atoms with Crippen LogP contribution in [0.5, 0.6) is 0 Å². The van der Waals surface area contributed by atoms with Crippen molar-refractivity contribution in [2.75, 3.05) is 0 Å². The van der Waals surface area contributed by atoms with Crippen LogP contribution in [0.15, 0.2) is 35.2 Å². The molecule has 1 aromatic carbocycles. The van der Waals surface area contributed by atoms with Crippen molar-refractivity contribution in [3.8, 4) is 0 Å². The Kier molecular flexibility index (Phi) is 7.61. The van der Waals surface area contributed by atoms with E-state index >= 15 is 0 Å². The van der Waals surface area contributed by atoms with Gasteiger partial charge in [-0.1, -0.05) is 58.2 Å². The van der Waals surface area contributed by atoms with Gasteiger partial charge in [0.05, 0.1) is 10.9 Å². The average molecular weight is 413 g/mol. The Morgan fingerprint density at radius 1 is 1.11 bits per heavy atom. The maximum absolute atomic E-state index is 12.8. The number of aliphatic hydroxyl groups excluding tert-OH is 1. The van der Waals surface area contributed by atoms with Gasteiger partial charge in [0.2, 0.25) is 10.0 Å². The van der Waals surface area contributed by atoms with E-state index in [1.54, 1.807) is 39.0 Å². The summed E-state index contributed by atoms with van der Waals surface area (Å²) in [7, 11) is -3.84. The molecule has 0 bridgehead atoms. The lowest BCUT2D eigenvalue weighted by atomic mass is 9.82. The normalized spacial score (nSPS) is 19.7. The number of hydrogen-bond donors (Lipinski definition) is 4. The van der Waals surface area contributed by atoms with Gasteiger partial charge in [-0.25, -0.2) is 13.1 Å². The summed E-state index contributed by atoms with van der Waals surface area (Å²) >= 11 is 0. The summed E-state index contributed by atoms with van der Waals surface area (Å²) in [6, 6.07) is 6.17. The molecule has 1 fully saturated rings. The summed E-state index contributed by atoms with van der Waals surface area (Å²) in [5, 5.41) is 23.2. The lowest BCUT2D eigenvalue weighted by Crippen LogP contribution is -2.60. The van der Waals surface area contributed by atoms with Gasteiger partial charge in [0.25, 0.3) is 0 Å². The van der Waals surface area contributed by atoms with Crippen molar-refractivity contribution in [3.63, 3.8) is 0 Å². The molecule has 1 aliphatic carbocycles. The maximum atomic E-state index is 12.8. The highest BCUT2D eigenvalue weighted by Crippen LogP contribution is 2.29. The van der Waals surface area contributed by atoms with E-state index in [-0.39, 0.29) is 10.8 Å². The number of aliphatic carboxylic acids is 1. The molecular weight excluding hydrogens is 380 g/mol. The Bertz CT molecular complexity index is 740. The summed E-state index contributed by atoms with van der Waals surface area (Å²) in [4.78, 5) is 11.8. The number of aliphatic hydroxyl groups is 1. The summed E-state index contributed by atoms with van der Waals surface area (Å²) in [6.07, 6.45) is 3.26. The van der Waals surface area contributed by atoms with Gasteiger partial charge in [-0.15, -0.1) is 0 Å². The number of carboxylic acid groups (broad SMARTS) is 1. The van der Waals surface area contributed by atoms with Crippen LogP contribution in [-0.2, 0) is 14.8 Å². The number of hydrogen-bond acceptors (Lipinski definition) is 5. The molecule has 1 aliphatic rings. The van der Waals surface area contributed by atoms with Crippen molar-refractivity contribution in [2.45, 2.75) is 76.1 Å². The highest BCUT2D eigenvalue weighted by Gasteiger charge is 2.38. The highest BCUT2D eigenvalue weighted by molar-refractivity contribution is 7.89. The Hall–Kier alpha value is -1.48. The SMILES string of the molecule is CC(C)(C)[C@H](NC(O)[C@@H](NS(=O)(=O)c1ccccc1)C1CCCCC1)C(=O)O. The third-order valence-corrected chi connectivity index (χ3v) is 6.77. The zero-order valence-corrected chi connectivity index (χ0v) is 17.6. The third kappa shape index (κ3) is 6.01. The molecule has 0 heterocycles. The van der Waals surface area contributed by atoms with Crippen molar-refractivity contribution in [2.24, 2.45) is 11.3 Å². The first-order valence-electron chi connectivity index (χ1n) is 9.76. The van der Waals surface area contributed by atoms with Gasteiger partial charge in [-0.3, -0.25) is 10.1 Å². The van der Waals surface area contributed by atoms with Gasteiger partial charge in [0.1, 0.15) is 12.3 Å². The van der Waals surface area contributed by atoms with Crippen molar-refractivity contribution in [3.05, 3.63) is 30.3 Å². The molecule has 1 saturated carbocycles. The smallest absolute Gasteiger partial charge is 0.321 e. The Labute approximate surface area is 167 Å². The second kappa shape index (κ2) is 9.35. The van der Waals surface area contributed by atoms with E-state index in [4.69, 9.17) is 0 Å². The number of carbonyl (C=O) groups is 1. The largest absolute Gasteiger partial charge is 0.480 e. The first-order valence-corrected chi connectivity index (χ1v) is 11.2. The van der Waals surface area contributed by atoms with Crippen LogP contribution in [0.4, 0.5) is 0 Å². The standard InChI is InChI=1S/C20H32N2O5S/c1-20(2,3)17(19(24)25)21-18(23)16(14-10-6-4-7-11-14)22-28(26,27)15-12-8-5-9-13-15/h5,8-9,12-14,16-18,21-23H,4,6-7,10-11H2,1-3H3,(H,24,25)/t16-,17+,18?/m0/s1. The van der Waals surface area contributed by atoms with Gasteiger partial charge in [0, 0.05) is 0 Å². The van der Waals surface area contributed by atoms with Gasteiger partial charge < -0.3 is 10.2 Å². The zero-order valence-electron chi connectivity index (χ0n) is 16.8. The fourth-order valence-electron chi connectivity index (χ4n) is 3.72. The molecule has 3 atom stereocenters. The number of sulfonamides is 1. The molecule has 1 unspecified atom stereocenters. The van der Waals surface area contributed by atoms with Gasteiger partial charge in [-0.2, -0.15) is 0 Å². The van der Waals surface area contributed by atoms with Crippen molar-refractivity contribution < 1.29 is 23.4 Å². The minimum Gasteiger partial charge on any atom is -0.480 e. The van der Waals surface area contributed by atoms with Crippen LogP contribution in [0.1, 0.15) is 52.9 Å². The summed E-state index contributed by atoms with van der Waals surface area (Å²) < 4.78 is 28.3. The van der Waals surface area contributed by atoms with E-state index < -0.39 is 39.7 Å². The molecule has 0 spiro atoms. The molecule has 4 N–H and O–H groups in total. The number of rotatable bonds is 8. The van der Waals surface area contributed by atoms with E-state index in [0.29, 0.717) is 0 Å². The Morgan fingerprint density at radius 3 is 2.18 bits per heavy atom. The van der Waals surface area contributed by atoms with Crippen LogP contribution in [0.25, 0.3) is 0 Å². The Morgan fingerprint density at radius 2 is 1.68 bits per heavy atom. The molecule has 8 heteroatoms.